The Labute approximate surface area is 159 Å². The van der Waals surface area contributed by atoms with Crippen LogP contribution in [-0.4, -0.2) is 42.0 Å². The molecular weight excluding hydrogens is 378 g/mol. The summed E-state index contributed by atoms with van der Waals surface area (Å²) in [6, 6.07) is 5.62. The van der Waals surface area contributed by atoms with E-state index in [1.54, 1.807) is 0 Å². The van der Waals surface area contributed by atoms with E-state index >= 15 is 0 Å². The van der Waals surface area contributed by atoms with Crippen molar-refractivity contribution < 1.29 is 27.1 Å². The zero-order chi connectivity index (χ0) is 20.3. The second-order valence-electron chi connectivity index (χ2n) is 6.63. The van der Waals surface area contributed by atoms with Crippen LogP contribution in [-0.2, 0) is 6.18 Å². The number of anilines is 1. The van der Waals surface area contributed by atoms with E-state index in [0.717, 1.165) is 31.5 Å². The average molecular weight is 397 g/mol. The molecule has 1 N–H and O–H groups in total. The smallest absolute Gasteiger partial charge is 0.416 e. The SMILES string of the molecule is CN1CCC[C@H]1COc1cc(NC(=O)c2cccnc2F)cc(C(F)(F)F)c1. The van der Waals surface area contributed by atoms with E-state index in [2.05, 4.69) is 15.2 Å². The number of carbonyl (C=O) groups is 1. The first-order valence-corrected chi connectivity index (χ1v) is 8.71. The zero-order valence-electron chi connectivity index (χ0n) is 15.1. The van der Waals surface area contributed by atoms with Crippen LogP contribution in [0.25, 0.3) is 0 Å². The molecule has 28 heavy (non-hydrogen) atoms. The quantitative estimate of drug-likeness (QED) is 0.613. The fourth-order valence-electron chi connectivity index (χ4n) is 3.05. The number of aromatic nitrogens is 1. The summed E-state index contributed by atoms with van der Waals surface area (Å²) in [7, 11) is 1.93. The van der Waals surface area contributed by atoms with Crippen LogP contribution >= 0.6 is 0 Å². The third kappa shape index (κ3) is 4.78. The number of rotatable bonds is 5. The zero-order valence-corrected chi connectivity index (χ0v) is 15.1. The molecule has 1 aromatic carbocycles. The summed E-state index contributed by atoms with van der Waals surface area (Å²) >= 11 is 0. The normalized spacial score (nSPS) is 17.5. The molecule has 9 heteroatoms. The first-order chi connectivity index (χ1) is 13.2. The Balaban J connectivity index is 1.81. The van der Waals surface area contributed by atoms with Gasteiger partial charge < -0.3 is 15.0 Å². The predicted octanol–water partition coefficient (Wildman–Crippen LogP) is 3.96. The first kappa shape index (κ1) is 20.1. The third-order valence-electron chi connectivity index (χ3n) is 4.61. The number of ether oxygens (including phenoxy) is 1. The number of carbonyl (C=O) groups excluding carboxylic acids is 1. The fourth-order valence-corrected chi connectivity index (χ4v) is 3.05. The minimum atomic E-state index is -4.62. The number of halogens is 4. The highest BCUT2D eigenvalue weighted by atomic mass is 19.4. The van der Waals surface area contributed by atoms with Gasteiger partial charge >= 0.3 is 6.18 Å². The highest BCUT2D eigenvalue weighted by Crippen LogP contribution is 2.34. The van der Waals surface area contributed by atoms with Gasteiger partial charge in [-0.05, 0) is 50.7 Å². The Hall–Kier alpha value is -2.68. The van der Waals surface area contributed by atoms with E-state index in [1.165, 1.54) is 24.4 Å². The molecular formula is C19H19F4N3O2. The van der Waals surface area contributed by atoms with Crippen molar-refractivity contribution in [3.05, 3.63) is 53.6 Å². The number of likely N-dealkylation sites (tertiary alicyclic amines) is 1. The van der Waals surface area contributed by atoms with Crippen LogP contribution in [0.5, 0.6) is 5.75 Å². The predicted molar refractivity (Wildman–Crippen MR) is 94.7 cm³/mol. The Bertz CT molecular complexity index is 857. The average Bonchev–Trinajstić information content (AvgIpc) is 3.04. The van der Waals surface area contributed by atoms with Crippen LogP contribution in [0.15, 0.2) is 36.5 Å². The molecule has 1 aromatic heterocycles. The van der Waals surface area contributed by atoms with Crippen LogP contribution in [0, 0.1) is 5.95 Å². The van der Waals surface area contributed by atoms with Gasteiger partial charge in [-0.3, -0.25) is 4.79 Å². The van der Waals surface area contributed by atoms with Gasteiger partial charge in [0.05, 0.1) is 11.1 Å². The molecule has 1 amide bonds. The molecule has 1 fully saturated rings. The molecule has 2 aromatic rings. The van der Waals surface area contributed by atoms with E-state index in [9.17, 15) is 22.4 Å². The molecule has 0 radical (unpaired) electrons. The van der Waals surface area contributed by atoms with Crippen molar-refractivity contribution in [2.75, 3.05) is 25.5 Å². The minimum absolute atomic E-state index is 0.0166. The number of amides is 1. The highest BCUT2D eigenvalue weighted by molar-refractivity contribution is 6.04. The summed E-state index contributed by atoms with van der Waals surface area (Å²) in [5, 5.41) is 2.28. The number of pyridine rings is 1. The maximum Gasteiger partial charge on any atom is 0.416 e. The van der Waals surface area contributed by atoms with Gasteiger partial charge in [-0.1, -0.05) is 0 Å². The number of hydrogen-bond acceptors (Lipinski definition) is 4. The summed E-state index contributed by atoms with van der Waals surface area (Å²) in [6.07, 6.45) is -1.55. The van der Waals surface area contributed by atoms with Gasteiger partial charge in [-0.2, -0.15) is 17.6 Å². The first-order valence-electron chi connectivity index (χ1n) is 8.71. The number of hydrogen-bond donors (Lipinski definition) is 1. The number of nitrogens with zero attached hydrogens (tertiary/aromatic N) is 2. The topological polar surface area (TPSA) is 54.5 Å². The molecule has 1 aliphatic rings. The van der Waals surface area contributed by atoms with Crippen molar-refractivity contribution in [1.82, 2.24) is 9.88 Å². The largest absolute Gasteiger partial charge is 0.492 e. The molecule has 0 saturated carbocycles. The lowest BCUT2D eigenvalue weighted by molar-refractivity contribution is -0.137. The molecule has 1 aliphatic heterocycles. The van der Waals surface area contributed by atoms with Crippen molar-refractivity contribution in [1.29, 1.82) is 0 Å². The summed E-state index contributed by atoms with van der Waals surface area (Å²) < 4.78 is 58.9. The van der Waals surface area contributed by atoms with Gasteiger partial charge in [-0.15, -0.1) is 0 Å². The van der Waals surface area contributed by atoms with E-state index in [0.29, 0.717) is 0 Å². The maximum atomic E-state index is 13.6. The van der Waals surface area contributed by atoms with Gasteiger partial charge in [0.2, 0.25) is 5.95 Å². The maximum absolute atomic E-state index is 13.6. The molecule has 150 valence electrons. The van der Waals surface area contributed by atoms with Gasteiger partial charge in [0.15, 0.2) is 0 Å². The molecule has 1 saturated heterocycles. The van der Waals surface area contributed by atoms with Crippen LogP contribution in [0.4, 0.5) is 23.2 Å². The number of likely N-dealkylation sites (N-methyl/N-ethyl adjacent to an activating group) is 1. The molecule has 0 bridgehead atoms. The van der Waals surface area contributed by atoms with E-state index < -0.39 is 23.6 Å². The molecule has 5 nitrogen and oxygen atoms in total. The second-order valence-corrected chi connectivity index (χ2v) is 6.63. The summed E-state index contributed by atoms with van der Waals surface area (Å²) in [6.45, 7) is 1.15. The van der Waals surface area contributed by atoms with E-state index in [1.807, 2.05) is 7.05 Å². The third-order valence-corrected chi connectivity index (χ3v) is 4.61. The Morgan fingerprint density at radius 2 is 2.14 bits per heavy atom. The highest BCUT2D eigenvalue weighted by Gasteiger charge is 2.32. The Morgan fingerprint density at radius 1 is 1.36 bits per heavy atom. The molecule has 0 spiro atoms. The number of benzene rings is 1. The summed E-state index contributed by atoms with van der Waals surface area (Å²) in [5.41, 5.74) is -1.47. The summed E-state index contributed by atoms with van der Waals surface area (Å²) in [5.74, 6) is -1.92. The molecule has 0 aliphatic carbocycles. The molecule has 3 rings (SSSR count). The number of nitrogens with one attached hydrogen (secondary N) is 1. The van der Waals surface area contributed by atoms with Crippen LogP contribution in [0.1, 0.15) is 28.8 Å². The van der Waals surface area contributed by atoms with Crippen molar-refractivity contribution in [2.24, 2.45) is 0 Å². The number of alkyl halides is 3. The standard InChI is InChI=1S/C19H19F4N3O2/c1-26-7-3-4-14(26)11-28-15-9-12(19(21,22)23)8-13(10-15)25-18(27)16-5-2-6-24-17(16)20/h2,5-6,8-10,14H,3-4,7,11H2,1H3,(H,25,27)/t14-/m0/s1. The van der Waals surface area contributed by atoms with E-state index in [4.69, 9.17) is 4.74 Å². The van der Waals surface area contributed by atoms with Crippen molar-refractivity contribution >= 4 is 11.6 Å². The lowest BCUT2D eigenvalue weighted by Crippen LogP contribution is -2.30. The second kappa shape index (κ2) is 8.14. The van der Waals surface area contributed by atoms with Gasteiger partial charge in [0.25, 0.3) is 5.91 Å². The lowest BCUT2D eigenvalue weighted by Gasteiger charge is -2.20. The van der Waals surface area contributed by atoms with E-state index in [-0.39, 0.29) is 29.6 Å². The van der Waals surface area contributed by atoms with Gasteiger partial charge in [-0.25, -0.2) is 4.98 Å². The molecule has 2 heterocycles. The van der Waals surface area contributed by atoms with Crippen LogP contribution < -0.4 is 10.1 Å². The van der Waals surface area contributed by atoms with Gasteiger partial charge in [0, 0.05) is 24.0 Å². The van der Waals surface area contributed by atoms with Crippen molar-refractivity contribution in [2.45, 2.75) is 25.1 Å². The van der Waals surface area contributed by atoms with Crippen LogP contribution in [0.3, 0.4) is 0 Å². The summed E-state index contributed by atoms with van der Waals surface area (Å²) in [4.78, 5) is 17.6. The molecule has 1 atom stereocenters. The van der Waals surface area contributed by atoms with Gasteiger partial charge in [0.1, 0.15) is 12.4 Å². The Kier molecular flexibility index (Phi) is 5.83. The minimum Gasteiger partial charge on any atom is -0.492 e. The Morgan fingerprint density at radius 3 is 2.79 bits per heavy atom. The van der Waals surface area contributed by atoms with Crippen LogP contribution in [0.2, 0.25) is 0 Å². The van der Waals surface area contributed by atoms with Crippen molar-refractivity contribution in [3.63, 3.8) is 0 Å². The fraction of sp³-hybridized carbons (Fsp3) is 0.368. The molecule has 0 unspecified atom stereocenters. The lowest BCUT2D eigenvalue weighted by atomic mass is 10.1. The monoisotopic (exact) mass is 397 g/mol. The van der Waals surface area contributed by atoms with Crippen molar-refractivity contribution in [3.8, 4) is 5.75 Å².